The fourth-order valence-electron chi connectivity index (χ4n) is 1.34. The molecule has 0 aromatic heterocycles. The normalized spacial score (nSPS) is 11.4. The second-order valence-electron chi connectivity index (χ2n) is 3.74. The van der Waals surface area contributed by atoms with E-state index >= 15 is 0 Å². The van der Waals surface area contributed by atoms with E-state index in [1.165, 1.54) is 18.2 Å². The van der Waals surface area contributed by atoms with E-state index in [0.717, 1.165) is 19.3 Å². The fraction of sp³-hybridized carbons (Fsp3) is 0.500. The van der Waals surface area contributed by atoms with Gasteiger partial charge in [-0.2, -0.15) is 0 Å². The lowest BCUT2D eigenvalue weighted by Gasteiger charge is -2.12. The summed E-state index contributed by atoms with van der Waals surface area (Å²) in [6.45, 7) is 0.503. The van der Waals surface area contributed by atoms with Crippen molar-refractivity contribution >= 4 is 27.5 Å². The smallest absolute Gasteiger partial charge is 0.494 e. The van der Waals surface area contributed by atoms with E-state index in [2.05, 4.69) is 20.7 Å². The molecule has 0 aliphatic heterocycles. The van der Waals surface area contributed by atoms with E-state index in [-0.39, 0.29) is 10.2 Å². The Morgan fingerprint density at radius 1 is 1.16 bits per heavy atom. The molecule has 0 atom stereocenters. The fourth-order valence-corrected chi connectivity index (χ4v) is 1.97. The van der Waals surface area contributed by atoms with Crippen LogP contribution in [0.2, 0.25) is 0 Å². The zero-order chi connectivity index (χ0) is 14.3. The summed E-state index contributed by atoms with van der Waals surface area (Å²) >= 11 is 8.55. The highest BCUT2D eigenvalue weighted by Gasteiger charge is 2.31. The van der Waals surface area contributed by atoms with Crippen molar-refractivity contribution in [1.29, 1.82) is 0 Å². The average Bonchev–Trinajstić information content (AvgIpc) is 2.31. The van der Waals surface area contributed by atoms with Crippen LogP contribution in [0.5, 0.6) is 11.5 Å². The second-order valence-corrected chi connectivity index (χ2v) is 4.97. The lowest BCUT2D eigenvalue weighted by molar-refractivity contribution is -0.274. The van der Waals surface area contributed by atoms with E-state index in [9.17, 15) is 13.2 Å². The number of hydrogen-bond donors (Lipinski definition) is 0. The van der Waals surface area contributed by atoms with Gasteiger partial charge in [-0.25, -0.2) is 0 Å². The Balaban J connectivity index is 2.47. The van der Waals surface area contributed by atoms with E-state index in [1.807, 2.05) is 0 Å². The predicted octanol–water partition coefficient (Wildman–Crippen LogP) is 5.14. The van der Waals surface area contributed by atoms with Crippen molar-refractivity contribution in [2.75, 3.05) is 12.5 Å². The van der Waals surface area contributed by atoms with Crippen molar-refractivity contribution in [3.8, 4) is 11.5 Å². The van der Waals surface area contributed by atoms with E-state index in [1.54, 1.807) is 0 Å². The molecule has 2 nitrogen and oxygen atoms in total. The van der Waals surface area contributed by atoms with Crippen molar-refractivity contribution in [3.63, 3.8) is 0 Å². The van der Waals surface area contributed by atoms with Gasteiger partial charge >= 0.3 is 6.36 Å². The number of hydrogen-bond acceptors (Lipinski definition) is 2. The Kier molecular flexibility index (Phi) is 6.79. The minimum Gasteiger partial charge on any atom is -0.494 e. The molecule has 0 N–H and O–H groups in total. The first-order chi connectivity index (χ1) is 8.92. The van der Waals surface area contributed by atoms with Crippen LogP contribution in [0.15, 0.2) is 22.7 Å². The van der Waals surface area contributed by atoms with Gasteiger partial charge in [0.1, 0.15) is 11.5 Å². The SMILES string of the molecule is FC(F)(F)Oc1ccc(OCCCCCCl)cc1Br. The zero-order valence-electron chi connectivity index (χ0n) is 9.97. The summed E-state index contributed by atoms with van der Waals surface area (Å²) in [7, 11) is 0. The summed E-state index contributed by atoms with van der Waals surface area (Å²) in [6, 6.07) is 4.10. The number of halogens is 5. The van der Waals surface area contributed by atoms with Crippen molar-refractivity contribution in [1.82, 2.24) is 0 Å². The Labute approximate surface area is 123 Å². The van der Waals surface area contributed by atoms with E-state index < -0.39 is 6.36 Å². The van der Waals surface area contributed by atoms with Crippen LogP contribution in [-0.4, -0.2) is 18.8 Å². The molecule has 0 unspecified atom stereocenters. The molecule has 108 valence electrons. The summed E-state index contributed by atoms with van der Waals surface area (Å²) in [4.78, 5) is 0. The van der Waals surface area contributed by atoms with Crippen molar-refractivity contribution < 1.29 is 22.6 Å². The van der Waals surface area contributed by atoms with Crippen LogP contribution >= 0.6 is 27.5 Å². The van der Waals surface area contributed by atoms with Gasteiger partial charge in [-0.15, -0.1) is 24.8 Å². The van der Waals surface area contributed by atoms with Gasteiger partial charge in [-0.3, -0.25) is 0 Å². The molecule has 0 amide bonds. The highest BCUT2D eigenvalue weighted by molar-refractivity contribution is 9.10. The highest BCUT2D eigenvalue weighted by Crippen LogP contribution is 2.33. The average molecular weight is 362 g/mol. The third-order valence-electron chi connectivity index (χ3n) is 2.18. The molecule has 1 aromatic rings. The monoisotopic (exact) mass is 360 g/mol. The Bertz CT molecular complexity index is 399. The van der Waals surface area contributed by atoms with Gasteiger partial charge in [0, 0.05) is 5.88 Å². The Morgan fingerprint density at radius 3 is 2.47 bits per heavy atom. The van der Waals surface area contributed by atoms with Gasteiger partial charge < -0.3 is 9.47 Å². The summed E-state index contributed by atoms with van der Waals surface area (Å²) in [6.07, 6.45) is -1.97. The summed E-state index contributed by atoms with van der Waals surface area (Å²) in [5.41, 5.74) is 0. The first-order valence-electron chi connectivity index (χ1n) is 5.66. The maximum Gasteiger partial charge on any atom is 0.573 e. The standard InChI is InChI=1S/C12H13BrClF3O2/c13-10-8-9(18-7-3-1-2-6-14)4-5-11(10)19-12(15,16)17/h4-5,8H,1-3,6-7H2. The highest BCUT2D eigenvalue weighted by atomic mass is 79.9. The van der Waals surface area contributed by atoms with Crippen LogP contribution in [0.1, 0.15) is 19.3 Å². The summed E-state index contributed by atoms with van der Waals surface area (Å²) in [5, 5.41) is 0. The number of rotatable bonds is 7. The number of unbranched alkanes of at least 4 members (excludes halogenated alkanes) is 2. The van der Waals surface area contributed by atoms with Crippen molar-refractivity contribution in [2.24, 2.45) is 0 Å². The van der Waals surface area contributed by atoms with Crippen molar-refractivity contribution in [3.05, 3.63) is 22.7 Å². The predicted molar refractivity (Wildman–Crippen MR) is 70.9 cm³/mol. The number of alkyl halides is 4. The topological polar surface area (TPSA) is 18.5 Å². The molecular weight excluding hydrogens is 348 g/mol. The van der Waals surface area contributed by atoms with Gasteiger partial charge in [-0.1, -0.05) is 0 Å². The lowest BCUT2D eigenvalue weighted by Crippen LogP contribution is -2.17. The lowest BCUT2D eigenvalue weighted by atomic mass is 10.2. The van der Waals surface area contributed by atoms with Crippen LogP contribution in [-0.2, 0) is 0 Å². The molecule has 0 heterocycles. The summed E-state index contributed by atoms with van der Waals surface area (Å²) < 4.78 is 45.6. The maximum atomic E-state index is 12.1. The Hall–Kier alpha value is -0.620. The molecule has 0 saturated carbocycles. The van der Waals surface area contributed by atoms with Crippen LogP contribution in [0.3, 0.4) is 0 Å². The third-order valence-corrected chi connectivity index (χ3v) is 3.06. The van der Waals surface area contributed by atoms with Crippen LogP contribution in [0, 0.1) is 0 Å². The minimum absolute atomic E-state index is 0.197. The summed E-state index contributed by atoms with van der Waals surface area (Å²) in [5.74, 6) is 0.823. The van der Waals surface area contributed by atoms with Crippen molar-refractivity contribution in [2.45, 2.75) is 25.6 Å². The molecular formula is C12H13BrClF3O2. The van der Waals surface area contributed by atoms with Crippen LogP contribution < -0.4 is 9.47 Å². The molecule has 0 aliphatic carbocycles. The number of benzene rings is 1. The second kappa shape index (κ2) is 7.85. The van der Waals surface area contributed by atoms with E-state index in [4.69, 9.17) is 16.3 Å². The minimum atomic E-state index is -4.70. The maximum absolute atomic E-state index is 12.1. The molecule has 1 rings (SSSR count). The molecule has 0 aliphatic rings. The molecule has 0 fully saturated rings. The largest absolute Gasteiger partial charge is 0.573 e. The van der Waals surface area contributed by atoms with Gasteiger partial charge in [0.2, 0.25) is 0 Å². The molecule has 0 bridgehead atoms. The van der Waals surface area contributed by atoms with Crippen LogP contribution in [0.25, 0.3) is 0 Å². The first-order valence-corrected chi connectivity index (χ1v) is 6.99. The van der Waals surface area contributed by atoms with Gasteiger partial charge in [0.15, 0.2) is 0 Å². The van der Waals surface area contributed by atoms with Gasteiger partial charge in [-0.05, 0) is 53.4 Å². The van der Waals surface area contributed by atoms with Gasteiger partial charge in [0.25, 0.3) is 0 Å². The Morgan fingerprint density at radius 2 is 1.89 bits per heavy atom. The molecule has 7 heteroatoms. The first kappa shape index (κ1) is 16.4. The number of ether oxygens (including phenoxy) is 2. The molecule has 0 saturated heterocycles. The molecule has 0 radical (unpaired) electrons. The molecule has 19 heavy (non-hydrogen) atoms. The van der Waals surface area contributed by atoms with Gasteiger partial charge in [0.05, 0.1) is 11.1 Å². The molecule has 1 aromatic carbocycles. The van der Waals surface area contributed by atoms with E-state index in [0.29, 0.717) is 18.2 Å². The quantitative estimate of drug-likeness (QED) is 0.495. The third kappa shape index (κ3) is 6.92. The molecule has 0 spiro atoms. The zero-order valence-corrected chi connectivity index (χ0v) is 12.3. The van der Waals surface area contributed by atoms with Crippen LogP contribution in [0.4, 0.5) is 13.2 Å².